The highest BCUT2D eigenvalue weighted by Gasteiger charge is 2.08. The fraction of sp³-hybridized carbons (Fsp3) is 0. The largest absolute Gasteiger partial charge is 0.372 e. The van der Waals surface area contributed by atoms with E-state index in [0.29, 0.717) is 14.1 Å². The Hall–Kier alpha value is -0.890. The highest BCUT2D eigenvalue weighted by molar-refractivity contribution is 7.36. The Morgan fingerprint density at radius 2 is 2.18 bits per heavy atom. The lowest BCUT2D eigenvalue weighted by atomic mass is 10.2. The first-order valence-electron chi connectivity index (χ1n) is 3.16. The van der Waals surface area contributed by atoms with Gasteiger partial charge in [0.2, 0.25) is 0 Å². The van der Waals surface area contributed by atoms with Crippen molar-refractivity contribution < 1.29 is 10.0 Å². The van der Waals surface area contributed by atoms with Gasteiger partial charge >= 0.3 is 0 Å². The molecule has 0 atom stereocenters. The van der Waals surface area contributed by atoms with Gasteiger partial charge < -0.3 is 4.84 Å². The van der Waals surface area contributed by atoms with Gasteiger partial charge in [0.15, 0.2) is 5.75 Å². The molecule has 0 saturated carbocycles. The van der Waals surface area contributed by atoms with E-state index in [-0.39, 0.29) is 0 Å². The van der Waals surface area contributed by atoms with Crippen molar-refractivity contribution in [1.82, 2.24) is 5.00 Å². The molecule has 56 valence electrons. The van der Waals surface area contributed by atoms with Crippen LogP contribution in [0.1, 0.15) is 5.56 Å². The Balaban J connectivity index is 2.46. The molecular weight excluding hydrogens is 161 g/mol. The third-order valence-electron chi connectivity index (χ3n) is 1.39. The van der Waals surface area contributed by atoms with Gasteiger partial charge in [-0.1, -0.05) is 18.2 Å². The van der Waals surface area contributed by atoms with E-state index in [1.807, 2.05) is 30.1 Å². The molecule has 2 rings (SSSR count). The van der Waals surface area contributed by atoms with Crippen molar-refractivity contribution in [2.45, 2.75) is 0 Å². The molecule has 1 aromatic rings. The third-order valence-corrected chi connectivity index (χ3v) is 2.07. The van der Waals surface area contributed by atoms with Crippen molar-refractivity contribution in [3.05, 3.63) is 29.8 Å². The SMILES string of the molecule is ON1Oc2ccccc2C=P1. The summed E-state index contributed by atoms with van der Waals surface area (Å²) in [5, 5.41) is 8.92. The van der Waals surface area contributed by atoms with Crippen molar-refractivity contribution in [1.29, 1.82) is 0 Å². The van der Waals surface area contributed by atoms with E-state index >= 15 is 0 Å². The lowest BCUT2D eigenvalue weighted by Gasteiger charge is -2.15. The molecule has 0 aliphatic carbocycles. The first-order valence-corrected chi connectivity index (χ1v) is 4.08. The summed E-state index contributed by atoms with van der Waals surface area (Å²) in [6, 6.07) is 7.54. The second-order valence-electron chi connectivity index (χ2n) is 2.13. The van der Waals surface area contributed by atoms with Gasteiger partial charge in [-0.15, -0.1) is 0 Å². The smallest absolute Gasteiger partial charge is 0.159 e. The van der Waals surface area contributed by atoms with Gasteiger partial charge in [-0.3, -0.25) is 5.21 Å². The van der Waals surface area contributed by atoms with Crippen LogP contribution in [0, 0.1) is 0 Å². The Kier molecular flexibility index (Phi) is 1.62. The molecule has 1 N–H and O–H groups in total. The molecule has 0 spiro atoms. The summed E-state index contributed by atoms with van der Waals surface area (Å²) < 4.78 is 0. The zero-order valence-electron chi connectivity index (χ0n) is 5.64. The number of nitrogens with zero attached hydrogens (tertiary/aromatic N) is 1. The standard InChI is InChI=1S/C7H6NO2P/c9-8-10-7-4-2-1-3-6(7)5-11-8/h1-5,9H. The highest BCUT2D eigenvalue weighted by Crippen LogP contribution is 2.24. The van der Waals surface area contributed by atoms with Crippen LogP contribution in [-0.2, 0) is 0 Å². The van der Waals surface area contributed by atoms with Crippen LogP contribution in [-0.4, -0.2) is 16.0 Å². The minimum atomic E-state index is 0.643. The van der Waals surface area contributed by atoms with Crippen LogP contribution < -0.4 is 4.84 Å². The van der Waals surface area contributed by atoms with Crippen LogP contribution in [0.5, 0.6) is 5.75 Å². The minimum Gasteiger partial charge on any atom is -0.372 e. The average molecular weight is 167 g/mol. The van der Waals surface area contributed by atoms with Crippen molar-refractivity contribution in [2.75, 3.05) is 0 Å². The lowest BCUT2D eigenvalue weighted by molar-refractivity contribution is -0.194. The van der Waals surface area contributed by atoms with E-state index in [2.05, 4.69) is 0 Å². The van der Waals surface area contributed by atoms with Gasteiger partial charge in [-0.2, -0.15) is 0 Å². The van der Waals surface area contributed by atoms with Gasteiger partial charge in [-0.25, -0.2) is 0 Å². The first-order chi connectivity index (χ1) is 5.36. The maximum absolute atomic E-state index is 8.92. The molecular formula is C7H6NO2P. The van der Waals surface area contributed by atoms with Crippen molar-refractivity contribution in [3.63, 3.8) is 0 Å². The summed E-state index contributed by atoms with van der Waals surface area (Å²) in [4.78, 5) is 5.76. The average Bonchev–Trinajstić information content (AvgIpc) is 2.04. The van der Waals surface area contributed by atoms with E-state index in [4.69, 9.17) is 10.0 Å². The first kappa shape index (κ1) is 6.80. The molecule has 0 amide bonds. The fourth-order valence-corrected chi connectivity index (χ4v) is 1.47. The number of hydrogen-bond donors (Lipinski definition) is 1. The normalized spacial score (nSPS) is 17.2. The Bertz CT molecular complexity index is 300. The second kappa shape index (κ2) is 2.62. The van der Waals surface area contributed by atoms with E-state index in [0.717, 1.165) is 10.6 Å². The maximum atomic E-state index is 8.92. The van der Waals surface area contributed by atoms with Gasteiger partial charge in [0.1, 0.15) is 0 Å². The van der Waals surface area contributed by atoms with Crippen LogP contribution in [0.15, 0.2) is 24.3 Å². The Morgan fingerprint density at radius 3 is 3.09 bits per heavy atom. The topological polar surface area (TPSA) is 32.7 Å². The molecule has 0 radical (unpaired) electrons. The van der Waals surface area contributed by atoms with Crippen molar-refractivity contribution >= 4 is 14.2 Å². The maximum Gasteiger partial charge on any atom is 0.159 e. The number of para-hydroxylation sites is 1. The monoisotopic (exact) mass is 167 g/mol. The highest BCUT2D eigenvalue weighted by atomic mass is 31.1. The van der Waals surface area contributed by atoms with E-state index in [1.165, 1.54) is 0 Å². The minimum absolute atomic E-state index is 0.643. The van der Waals surface area contributed by atoms with Crippen LogP contribution in [0.4, 0.5) is 0 Å². The number of rotatable bonds is 0. The summed E-state index contributed by atoms with van der Waals surface area (Å²) in [5.41, 5.74) is 1.01. The molecule has 0 aromatic heterocycles. The van der Waals surface area contributed by atoms with Crippen LogP contribution in [0.3, 0.4) is 0 Å². The lowest BCUT2D eigenvalue weighted by Crippen LogP contribution is -2.15. The number of benzene rings is 1. The molecule has 0 unspecified atom stereocenters. The quantitative estimate of drug-likeness (QED) is 0.597. The van der Waals surface area contributed by atoms with E-state index in [9.17, 15) is 0 Å². The molecule has 4 heteroatoms. The predicted molar refractivity (Wildman–Crippen MR) is 42.8 cm³/mol. The predicted octanol–water partition coefficient (Wildman–Crippen LogP) is 1.70. The number of fused-ring (bicyclic) bond motifs is 1. The summed E-state index contributed by atoms with van der Waals surface area (Å²) in [7, 11) is 0.643. The van der Waals surface area contributed by atoms with Crippen LogP contribution in [0.2, 0.25) is 0 Å². The second-order valence-corrected chi connectivity index (χ2v) is 2.96. The molecule has 1 aromatic carbocycles. The summed E-state index contributed by atoms with van der Waals surface area (Å²) >= 11 is 0. The van der Waals surface area contributed by atoms with Crippen LogP contribution >= 0.6 is 8.35 Å². The molecule has 0 saturated heterocycles. The van der Waals surface area contributed by atoms with Gasteiger partial charge in [-0.05, 0) is 11.9 Å². The molecule has 11 heavy (non-hydrogen) atoms. The zero-order valence-corrected chi connectivity index (χ0v) is 6.53. The Morgan fingerprint density at radius 1 is 1.36 bits per heavy atom. The van der Waals surface area contributed by atoms with Crippen molar-refractivity contribution in [3.8, 4) is 5.75 Å². The molecule has 1 aliphatic rings. The summed E-state index contributed by atoms with van der Waals surface area (Å²) in [6.07, 6.45) is 0. The van der Waals surface area contributed by atoms with E-state index < -0.39 is 0 Å². The molecule has 3 nitrogen and oxygen atoms in total. The van der Waals surface area contributed by atoms with Gasteiger partial charge in [0, 0.05) is 10.6 Å². The third kappa shape index (κ3) is 1.26. The fourth-order valence-electron chi connectivity index (χ4n) is 0.893. The molecule has 1 heterocycles. The molecule has 0 fully saturated rings. The van der Waals surface area contributed by atoms with Crippen molar-refractivity contribution in [2.24, 2.45) is 0 Å². The molecule has 0 bridgehead atoms. The Labute approximate surface area is 65.6 Å². The van der Waals surface area contributed by atoms with Gasteiger partial charge in [0.25, 0.3) is 0 Å². The molecule has 1 aliphatic heterocycles. The summed E-state index contributed by atoms with van der Waals surface area (Å²) in [6.45, 7) is 0. The summed E-state index contributed by atoms with van der Waals surface area (Å²) in [5.74, 6) is 2.56. The number of hydrogen-bond acceptors (Lipinski definition) is 3. The zero-order chi connectivity index (χ0) is 7.68. The van der Waals surface area contributed by atoms with Gasteiger partial charge in [0.05, 0.1) is 8.35 Å². The van der Waals surface area contributed by atoms with Crippen LogP contribution in [0.25, 0.3) is 0 Å². The van der Waals surface area contributed by atoms with E-state index in [1.54, 1.807) is 0 Å².